The molecule has 2 saturated heterocycles. The van der Waals surface area contributed by atoms with E-state index in [2.05, 4.69) is 14.8 Å². The predicted molar refractivity (Wildman–Crippen MR) is 122 cm³/mol. The van der Waals surface area contributed by atoms with Crippen LogP contribution in [0.1, 0.15) is 49.8 Å². The third kappa shape index (κ3) is 5.24. The number of carbonyl (C=O) groups is 1. The topological polar surface area (TPSA) is 58.6 Å². The van der Waals surface area contributed by atoms with Gasteiger partial charge in [0.2, 0.25) is 11.8 Å². The number of carbonyl (C=O) groups excluding carboxylic acids is 1. The molecule has 1 atom stereocenters. The summed E-state index contributed by atoms with van der Waals surface area (Å²) in [6.45, 7) is 6.13. The second-order valence-electron chi connectivity index (χ2n) is 8.76. The van der Waals surface area contributed by atoms with Gasteiger partial charge in [0.05, 0.1) is 13.5 Å². The summed E-state index contributed by atoms with van der Waals surface area (Å²) < 4.78 is 5.59. The van der Waals surface area contributed by atoms with E-state index in [4.69, 9.17) is 9.72 Å². The molecule has 3 heterocycles. The predicted octanol–water partition coefficient (Wildman–Crippen LogP) is 3.87. The van der Waals surface area contributed by atoms with Gasteiger partial charge in [-0.1, -0.05) is 36.8 Å². The van der Waals surface area contributed by atoms with Crippen LogP contribution in [0.15, 0.2) is 30.3 Å². The van der Waals surface area contributed by atoms with Crippen LogP contribution in [-0.4, -0.2) is 65.0 Å². The molecule has 0 bridgehead atoms. The van der Waals surface area contributed by atoms with E-state index in [9.17, 15) is 4.79 Å². The van der Waals surface area contributed by atoms with Crippen molar-refractivity contribution in [2.24, 2.45) is 0 Å². The first-order valence-electron chi connectivity index (χ1n) is 11.6. The SMILES string of the molecule is COc1nc(-c2ccccc2)nc(C)c1CC(=O)N1CCCC[C@H]1CN1CCCCC1. The lowest BCUT2D eigenvalue weighted by atomic mass is 9.99. The molecule has 2 aliphatic heterocycles. The van der Waals surface area contributed by atoms with Crippen molar-refractivity contribution < 1.29 is 9.53 Å². The first kappa shape index (κ1) is 21.8. The molecule has 166 valence electrons. The van der Waals surface area contributed by atoms with Gasteiger partial charge in [-0.3, -0.25) is 4.79 Å². The highest BCUT2D eigenvalue weighted by molar-refractivity contribution is 5.80. The van der Waals surface area contributed by atoms with Crippen LogP contribution in [0.4, 0.5) is 0 Å². The molecule has 4 rings (SSSR count). The zero-order valence-electron chi connectivity index (χ0n) is 18.8. The van der Waals surface area contributed by atoms with Crippen LogP contribution in [0, 0.1) is 6.92 Å². The molecule has 1 aromatic heterocycles. The molecule has 1 amide bonds. The summed E-state index contributed by atoms with van der Waals surface area (Å²) in [5.74, 6) is 1.30. The first-order chi connectivity index (χ1) is 15.2. The number of hydrogen-bond donors (Lipinski definition) is 0. The van der Waals surface area contributed by atoms with Gasteiger partial charge in [0.25, 0.3) is 0 Å². The summed E-state index contributed by atoms with van der Waals surface area (Å²) in [5.41, 5.74) is 2.55. The molecule has 1 aromatic carbocycles. The Labute approximate surface area is 185 Å². The largest absolute Gasteiger partial charge is 0.481 e. The maximum Gasteiger partial charge on any atom is 0.227 e. The number of methoxy groups -OCH3 is 1. The Morgan fingerprint density at radius 3 is 2.52 bits per heavy atom. The fourth-order valence-corrected chi connectivity index (χ4v) is 4.87. The molecule has 2 aromatic rings. The van der Waals surface area contributed by atoms with Gasteiger partial charge in [-0.05, 0) is 52.1 Å². The number of nitrogens with zero attached hydrogens (tertiary/aromatic N) is 4. The summed E-state index contributed by atoms with van der Waals surface area (Å²) in [4.78, 5) is 27.4. The second-order valence-corrected chi connectivity index (χ2v) is 8.76. The molecule has 0 unspecified atom stereocenters. The zero-order chi connectivity index (χ0) is 21.6. The van der Waals surface area contributed by atoms with Gasteiger partial charge in [-0.15, -0.1) is 0 Å². The number of piperidine rings is 2. The average Bonchev–Trinajstić information content (AvgIpc) is 2.81. The highest BCUT2D eigenvalue weighted by Gasteiger charge is 2.30. The molecule has 0 N–H and O–H groups in total. The summed E-state index contributed by atoms with van der Waals surface area (Å²) in [7, 11) is 1.62. The molecular weight excluding hydrogens is 388 g/mol. The molecule has 2 aliphatic rings. The smallest absolute Gasteiger partial charge is 0.227 e. The van der Waals surface area contributed by atoms with E-state index in [1.54, 1.807) is 7.11 Å². The van der Waals surface area contributed by atoms with E-state index in [1.165, 1.54) is 38.8 Å². The fraction of sp³-hybridized carbons (Fsp3) is 0.560. The minimum atomic E-state index is 0.166. The number of ether oxygens (including phenoxy) is 1. The second kappa shape index (κ2) is 10.2. The quantitative estimate of drug-likeness (QED) is 0.707. The van der Waals surface area contributed by atoms with Crippen LogP contribution in [0.3, 0.4) is 0 Å². The number of aryl methyl sites for hydroxylation is 1. The van der Waals surface area contributed by atoms with Crippen LogP contribution in [0.5, 0.6) is 5.88 Å². The summed E-state index contributed by atoms with van der Waals surface area (Å²) in [6.07, 6.45) is 7.58. The Morgan fingerprint density at radius 1 is 1.03 bits per heavy atom. The van der Waals surface area contributed by atoms with Gasteiger partial charge in [-0.25, -0.2) is 4.98 Å². The van der Waals surface area contributed by atoms with Gasteiger partial charge in [-0.2, -0.15) is 4.98 Å². The lowest BCUT2D eigenvalue weighted by Gasteiger charge is -2.40. The Bertz CT molecular complexity index is 881. The minimum Gasteiger partial charge on any atom is -0.481 e. The van der Waals surface area contributed by atoms with Crippen molar-refractivity contribution in [2.75, 3.05) is 33.3 Å². The molecular formula is C25H34N4O2. The molecule has 6 nitrogen and oxygen atoms in total. The molecule has 0 aliphatic carbocycles. The van der Waals surface area contributed by atoms with Gasteiger partial charge in [0.1, 0.15) is 0 Å². The van der Waals surface area contributed by atoms with Crippen molar-refractivity contribution in [3.05, 3.63) is 41.6 Å². The normalized spacial score (nSPS) is 19.9. The van der Waals surface area contributed by atoms with Crippen LogP contribution < -0.4 is 4.74 Å². The minimum absolute atomic E-state index is 0.166. The van der Waals surface area contributed by atoms with Crippen molar-refractivity contribution in [2.45, 2.75) is 57.9 Å². The number of amides is 1. The van der Waals surface area contributed by atoms with Crippen molar-refractivity contribution in [1.29, 1.82) is 0 Å². The number of likely N-dealkylation sites (tertiary alicyclic amines) is 2. The molecule has 31 heavy (non-hydrogen) atoms. The fourth-order valence-electron chi connectivity index (χ4n) is 4.87. The third-order valence-corrected chi connectivity index (χ3v) is 6.59. The number of aromatic nitrogens is 2. The van der Waals surface area contributed by atoms with E-state index in [0.29, 0.717) is 24.2 Å². The maximum absolute atomic E-state index is 13.4. The Morgan fingerprint density at radius 2 is 1.77 bits per heavy atom. The van der Waals surface area contributed by atoms with Gasteiger partial charge < -0.3 is 14.5 Å². The Hall–Kier alpha value is -2.47. The summed E-state index contributed by atoms with van der Waals surface area (Å²) in [5, 5.41) is 0. The van der Waals surface area contributed by atoms with Crippen LogP contribution in [0.2, 0.25) is 0 Å². The van der Waals surface area contributed by atoms with Gasteiger partial charge in [0, 0.05) is 36.0 Å². The highest BCUT2D eigenvalue weighted by Crippen LogP contribution is 2.26. The molecule has 0 radical (unpaired) electrons. The van der Waals surface area contributed by atoms with E-state index >= 15 is 0 Å². The number of benzene rings is 1. The van der Waals surface area contributed by atoms with Crippen molar-refractivity contribution >= 4 is 5.91 Å². The summed E-state index contributed by atoms with van der Waals surface area (Å²) in [6, 6.07) is 10.2. The van der Waals surface area contributed by atoms with E-state index < -0.39 is 0 Å². The maximum atomic E-state index is 13.4. The van der Waals surface area contributed by atoms with Crippen molar-refractivity contribution in [3.63, 3.8) is 0 Å². The van der Waals surface area contributed by atoms with Gasteiger partial charge in [0.15, 0.2) is 5.82 Å². The monoisotopic (exact) mass is 422 g/mol. The van der Waals surface area contributed by atoms with Crippen molar-refractivity contribution in [1.82, 2.24) is 19.8 Å². The zero-order valence-corrected chi connectivity index (χ0v) is 18.8. The molecule has 0 saturated carbocycles. The molecule has 2 fully saturated rings. The first-order valence-corrected chi connectivity index (χ1v) is 11.6. The van der Waals surface area contributed by atoms with Gasteiger partial charge >= 0.3 is 0 Å². The third-order valence-electron chi connectivity index (χ3n) is 6.59. The van der Waals surface area contributed by atoms with E-state index in [1.807, 2.05) is 37.3 Å². The standard InChI is InChI=1S/C25H34N4O2/c1-19-22(25(31-2)27-24(26-19)20-11-5-3-6-12-20)17-23(30)29-16-10-7-13-21(29)18-28-14-8-4-9-15-28/h3,5-6,11-12,21H,4,7-10,13-18H2,1-2H3/t21-/m0/s1. The lowest BCUT2D eigenvalue weighted by molar-refractivity contribution is -0.134. The molecule has 0 spiro atoms. The van der Waals surface area contributed by atoms with Crippen LogP contribution in [0.25, 0.3) is 11.4 Å². The number of rotatable bonds is 6. The van der Waals surface area contributed by atoms with Crippen LogP contribution in [-0.2, 0) is 11.2 Å². The highest BCUT2D eigenvalue weighted by atomic mass is 16.5. The Kier molecular flexibility index (Phi) is 7.17. The number of hydrogen-bond acceptors (Lipinski definition) is 5. The van der Waals surface area contributed by atoms with Crippen LogP contribution >= 0.6 is 0 Å². The Balaban J connectivity index is 1.51. The van der Waals surface area contributed by atoms with E-state index in [0.717, 1.165) is 42.8 Å². The van der Waals surface area contributed by atoms with E-state index in [-0.39, 0.29) is 5.91 Å². The molecule has 6 heteroatoms. The summed E-state index contributed by atoms with van der Waals surface area (Å²) >= 11 is 0. The van der Waals surface area contributed by atoms with Crippen molar-refractivity contribution in [3.8, 4) is 17.3 Å². The lowest BCUT2D eigenvalue weighted by Crippen LogP contribution is -2.50. The average molecular weight is 423 g/mol.